The van der Waals surface area contributed by atoms with Crippen LogP contribution in [-0.2, 0) is 4.79 Å². The first-order valence-corrected chi connectivity index (χ1v) is 15.1. The van der Waals surface area contributed by atoms with Crippen LogP contribution in [0.2, 0.25) is 0 Å². The lowest BCUT2D eigenvalue weighted by Gasteiger charge is -2.28. The summed E-state index contributed by atoms with van der Waals surface area (Å²) in [5, 5.41) is 10.7. The van der Waals surface area contributed by atoms with E-state index in [-0.39, 0.29) is 22.9 Å². The first-order valence-electron chi connectivity index (χ1n) is 15.1. The summed E-state index contributed by atoms with van der Waals surface area (Å²) in [4.78, 5) is 44.4. The van der Waals surface area contributed by atoms with E-state index in [0.717, 1.165) is 0 Å². The number of hydrogen-bond donors (Lipinski definition) is 2. The number of aliphatic imine (C=N–C) groups is 1. The molecule has 6 aromatic rings. The number of nitrogens with one attached hydrogen (secondary N) is 2. The molecule has 11 heteroatoms. The van der Waals surface area contributed by atoms with E-state index < -0.39 is 23.8 Å². The summed E-state index contributed by atoms with van der Waals surface area (Å²) in [7, 11) is 0. The number of hydrogen-bond acceptors (Lipinski definition) is 7. The zero-order valence-corrected chi connectivity index (χ0v) is 25.5. The second kappa shape index (κ2) is 12.3. The number of carbonyl (C=O) groups is 2. The van der Waals surface area contributed by atoms with Gasteiger partial charge in [0.05, 0.1) is 11.4 Å². The van der Waals surface area contributed by atoms with Crippen molar-refractivity contribution in [3.8, 4) is 11.3 Å². The van der Waals surface area contributed by atoms with Crippen LogP contribution in [0.25, 0.3) is 16.9 Å². The Bertz CT molecular complexity index is 2130. The number of pyridine rings is 1. The van der Waals surface area contributed by atoms with E-state index in [4.69, 9.17) is 10.1 Å². The fraction of sp³-hybridized carbons (Fsp3) is 0.111. The molecule has 0 saturated heterocycles. The topological polar surface area (TPSA) is 117 Å². The van der Waals surface area contributed by atoms with E-state index in [0.29, 0.717) is 39.6 Å². The average Bonchev–Trinajstić information content (AvgIpc) is 3.41. The van der Waals surface area contributed by atoms with Gasteiger partial charge in [0.15, 0.2) is 5.65 Å². The average molecular weight is 625 g/mol. The normalized spacial score (nSPS) is 14.3. The van der Waals surface area contributed by atoms with E-state index in [9.17, 15) is 4.79 Å². The molecule has 3 aromatic carbocycles. The molecule has 3 aromatic heterocycles. The molecule has 1 aliphatic rings. The fourth-order valence-electron chi connectivity index (χ4n) is 5.57. The molecule has 47 heavy (non-hydrogen) atoms. The van der Waals surface area contributed by atoms with Crippen LogP contribution in [0.4, 0.5) is 21.6 Å². The Morgan fingerprint density at radius 2 is 1.68 bits per heavy atom. The zero-order chi connectivity index (χ0) is 32.5. The summed E-state index contributed by atoms with van der Waals surface area (Å²) >= 11 is 0. The SMILES string of the molecule is CC(C)Nc1ccc(-c2nn3cccnc3c2C(=O)N(c2ccccc2)[C@@H]2N=C(c3ccccc3)c3cccc(F)c3NC2=O)cn1. The number of rotatable bonds is 7. The third-order valence-electron chi connectivity index (χ3n) is 7.63. The van der Waals surface area contributed by atoms with Crippen molar-refractivity contribution in [2.24, 2.45) is 4.99 Å². The van der Waals surface area contributed by atoms with Crippen LogP contribution >= 0.6 is 0 Å². The Labute approximate surface area is 269 Å². The molecule has 0 bridgehead atoms. The van der Waals surface area contributed by atoms with Crippen molar-refractivity contribution in [3.63, 3.8) is 0 Å². The lowest BCUT2D eigenvalue weighted by molar-refractivity contribution is -0.117. The molecule has 4 heterocycles. The number of carbonyl (C=O) groups excluding carboxylic acids is 2. The first-order chi connectivity index (χ1) is 22.9. The minimum atomic E-state index is -1.44. The maximum Gasteiger partial charge on any atom is 0.270 e. The van der Waals surface area contributed by atoms with Gasteiger partial charge in [-0.2, -0.15) is 5.10 Å². The molecule has 232 valence electrons. The predicted molar refractivity (Wildman–Crippen MR) is 179 cm³/mol. The summed E-state index contributed by atoms with van der Waals surface area (Å²) in [6, 6.07) is 28.0. The highest BCUT2D eigenvalue weighted by Crippen LogP contribution is 2.33. The second-order valence-corrected chi connectivity index (χ2v) is 11.2. The third-order valence-corrected chi connectivity index (χ3v) is 7.63. The van der Waals surface area contributed by atoms with Gasteiger partial charge < -0.3 is 10.6 Å². The number of nitrogens with zero attached hydrogens (tertiary/aromatic N) is 6. The van der Waals surface area contributed by atoms with E-state index >= 15 is 9.18 Å². The summed E-state index contributed by atoms with van der Waals surface area (Å²) in [6.45, 7) is 4.03. The molecular formula is C36H29FN8O2. The fourth-order valence-corrected chi connectivity index (χ4v) is 5.57. The molecule has 1 aliphatic heterocycles. The molecule has 0 saturated carbocycles. The summed E-state index contributed by atoms with van der Waals surface area (Å²) in [6.07, 6.45) is 3.47. The van der Waals surface area contributed by atoms with Gasteiger partial charge >= 0.3 is 0 Å². The molecule has 0 unspecified atom stereocenters. The Morgan fingerprint density at radius 3 is 2.40 bits per heavy atom. The van der Waals surface area contributed by atoms with Gasteiger partial charge in [0, 0.05) is 47.0 Å². The van der Waals surface area contributed by atoms with Crippen molar-refractivity contribution in [2.75, 3.05) is 15.5 Å². The number of para-hydroxylation sites is 2. The second-order valence-electron chi connectivity index (χ2n) is 11.2. The van der Waals surface area contributed by atoms with Crippen molar-refractivity contribution in [3.05, 3.63) is 138 Å². The number of benzene rings is 3. The van der Waals surface area contributed by atoms with Gasteiger partial charge in [-0.3, -0.25) is 14.5 Å². The Balaban J connectivity index is 1.43. The summed E-state index contributed by atoms with van der Waals surface area (Å²) < 4.78 is 16.8. The smallest absolute Gasteiger partial charge is 0.270 e. The van der Waals surface area contributed by atoms with Crippen LogP contribution in [0.5, 0.6) is 0 Å². The molecule has 1 atom stereocenters. The summed E-state index contributed by atoms with van der Waals surface area (Å²) in [5.41, 5.74) is 3.13. The highest BCUT2D eigenvalue weighted by Gasteiger charge is 2.38. The van der Waals surface area contributed by atoms with E-state index in [1.807, 2.05) is 62.4 Å². The molecule has 0 radical (unpaired) electrons. The van der Waals surface area contributed by atoms with Crippen LogP contribution in [0.3, 0.4) is 0 Å². The molecule has 7 rings (SSSR count). The van der Waals surface area contributed by atoms with Gasteiger partial charge in [0.2, 0.25) is 6.17 Å². The van der Waals surface area contributed by atoms with Gasteiger partial charge in [-0.1, -0.05) is 60.7 Å². The van der Waals surface area contributed by atoms with Crippen LogP contribution in [0.15, 0.2) is 121 Å². The van der Waals surface area contributed by atoms with E-state index in [1.165, 1.54) is 15.5 Å². The highest BCUT2D eigenvalue weighted by atomic mass is 19.1. The Kier molecular flexibility index (Phi) is 7.70. The van der Waals surface area contributed by atoms with Gasteiger partial charge in [-0.25, -0.2) is 23.9 Å². The van der Waals surface area contributed by atoms with Gasteiger partial charge in [0.1, 0.15) is 22.9 Å². The quantitative estimate of drug-likeness (QED) is 0.218. The molecule has 2 N–H and O–H groups in total. The largest absolute Gasteiger partial charge is 0.368 e. The minimum absolute atomic E-state index is 0.0115. The molecule has 2 amide bonds. The van der Waals surface area contributed by atoms with E-state index in [2.05, 4.69) is 20.6 Å². The minimum Gasteiger partial charge on any atom is -0.368 e. The van der Waals surface area contributed by atoms with Crippen LogP contribution in [-0.4, -0.2) is 49.3 Å². The standard InChI is InChI=1S/C36H29FN8O2/c1-22(2)40-28-18-17-24(21-39-28)31-29(33-38-19-10-20-44(33)43-31)36(47)45(25-13-7-4-8-14-25)34-35(46)42-32-26(15-9-16-27(32)37)30(41-34)23-11-5-3-6-12-23/h3-22,34H,1-2H3,(H,39,40)(H,42,46)/t34-/m0/s1. The number of anilines is 3. The Hall–Kier alpha value is -6.23. The van der Waals surface area contributed by atoms with Crippen molar-refractivity contribution in [1.29, 1.82) is 0 Å². The maximum atomic E-state index is 15.3. The molecule has 0 fully saturated rings. The summed E-state index contributed by atoms with van der Waals surface area (Å²) in [5.74, 6) is -1.20. The van der Waals surface area contributed by atoms with Crippen molar-refractivity contribution in [2.45, 2.75) is 26.1 Å². The molecule has 10 nitrogen and oxygen atoms in total. The van der Waals surface area contributed by atoms with Crippen LogP contribution < -0.4 is 15.5 Å². The van der Waals surface area contributed by atoms with Crippen molar-refractivity contribution in [1.82, 2.24) is 19.6 Å². The van der Waals surface area contributed by atoms with Gasteiger partial charge in [-0.05, 0) is 50.2 Å². The molecular weight excluding hydrogens is 595 g/mol. The van der Waals surface area contributed by atoms with Gasteiger partial charge in [-0.15, -0.1) is 0 Å². The predicted octanol–water partition coefficient (Wildman–Crippen LogP) is 6.21. The number of amides is 2. The molecule has 0 aliphatic carbocycles. The Morgan fingerprint density at radius 1 is 0.915 bits per heavy atom. The number of fused-ring (bicyclic) bond motifs is 2. The lowest BCUT2D eigenvalue weighted by Crippen LogP contribution is -2.47. The third kappa shape index (κ3) is 5.59. The van der Waals surface area contributed by atoms with Crippen LogP contribution in [0, 0.1) is 5.82 Å². The molecule has 0 spiro atoms. The van der Waals surface area contributed by atoms with Crippen molar-refractivity contribution < 1.29 is 14.0 Å². The van der Waals surface area contributed by atoms with E-state index in [1.54, 1.807) is 61.1 Å². The van der Waals surface area contributed by atoms with Crippen molar-refractivity contribution >= 4 is 40.4 Å². The highest BCUT2D eigenvalue weighted by molar-refractivity contribution is 6.22. The number of halogens is 1. The maximum absolute atomic E-state index is 15.3. The number of benzodiazepines with no additional fused rings is 1. The monoisotopic (exact) mass is 624 g/mol. The first kappa shape index (κ1) is 29.5. The van der Waals surface area contributed by atoms with Gasteiger partial charge in [0.25, 0.3) is 11.8 Å². The van der Waals surface area contributed by atoms with Crippen LogP contribution in [0.1, 0.15) is 35.3 Å². The lowest BCUT2D eigenvalue weighted by atomic mass is 10.0. The number of aromatic nitrogens is 4. The zero-order valence-electron chi connectivity index (χ0n) is 25.5.